The lowest BCUT2D eigenvalue weighted by atomic mass is 9.74. The molecule has 1 unspecified atom stereocenters. The fraction of sp³-hybridized carbons (Fsp3) is 0.351. The normalized spacial score (nSPS) is 14.4. The molecule has 0 saturated heterocycles. The largest absolute Gasteiger partial charge is 0.489 e. The highest BCUT2D eigenvalue weighted by molar-refractivity contribution is 6.05. The van der Waals surface area contributed by atoms with Crippen LogP contribution in [0.1, 0.15) is 61.5 Å². The zero-order chi connectivity index (χ0) is 33.6. The number of amides is 2. The Morgan fingerprint density at radius 3 is 2.26 bits per heavy atom. The van der Waals surface area contributed by atoms with E-state index in [0.717, 1.165) is 17.5 Å². The van der Waals surface area contributed by atoms with Gasteiger partial charge in [-0.3, -0.25) is 14.7 Å². The van der Waals surface area contributed by atoms with Crippen molar-refractivity contribution in [1.82, 2.24) is 15.2 Å². The predicted octanol–water partition coefficient (Wildman–Crippen LogP) is 6.63. The van der Waals surface area contributed by atoms with E-state index in [0.29, 0.717) is 24.8 Å². The Labute approximate surface area is 274 Å². The molecule has 1 N–H and O–H groups in total. The average molecular weight is 642 g/mol. The Morgan fingerprint density at radius 2 is 1.64 bits per heavy atom. The van der Waals surface area contributed by atoms with Gasteiger partial charge in [0, 0.05) is 12.4 Å². The van der Waals surface area contributed by atoms with Crippen LogP contribution in [0.2, 0.25) is 0 Å². The summed E-state index contributed by atoms with van der Waals surface area (Å²) in [6.45, 7) is 5.30. The monoisotopic (exact) mass is 641 g/mol. The maximum Gasteiger partial charge on any atom is 0.410 e. The standard InChI is InChI=1S/C37H40FN3O6/c1-36(2,3)47-35(44)41(4)37(18-11-19-37)34(43)40-28(20-25-12-7-5-8-13-25)24-45-31-22-39-30-17-16-27(38)21-29(30)32(31)33(42)46-23-26-14-9-6-10-15-26/h5-10,12-17,21-22,28H,11,18-20,23-24H2,1-4H3,(H,40,43). The highest BCUT2D eigenvalue weighted by Gasteiger charge is 2.51. The Balaban J connectivity index is 1.40. The van der Waals surface area contributed by atoms with Crippen molar-refractivity contribution in [2.24, 2.45) is 0 Å². The Morgan fingerprint density at radius 1 is 0.979 bits per heavy atom. The van der Waals surface area contributed by atoms with E-state index in [1.165, 1.54) is 29.3 Å². The lowest BCUT2D eigenvalue weighted by molar-refractivity contribution is -0.139. The summed E-state index contributed by atoms with van der Waals surface area (Å²) >= 11 is 0. The average Bonchev–Trinajstić information content (AvgIpc) is 3.01. The van der Waals surface area contributed by atoms with Crippen molar-refractivity contribution in [3.05, 3.63) is 108 Å². The van der Waals surface area contributed by atoms with E-state index in [9.17, 15) is 18.8 Å². The number of esters is 1. The van der Waals surface area contributed by atoms with Crippen molar-refractivity contribution in [1.29, 1.82) is 0 Å². The molecule has 1 atom stereocenters. The minimum atomic E-state index is -1.06. The number of fused-ring (bicyclic) bond motifs is 1. The van der Waals surface area contributed by atoms with Gasteiger partial charge in [0.1, 0.15) is 35.7 Å². The maximum atomic E-state index is 14.4. The number of carbonyl (C=O) groups is 3. The number of carbonyl (C=O) groups excluding carboxylic acids is 3. The van der Waals surface area contributed by atoms with Crippen molar-refractivity contribution < 1.29 is 33.0 Å². The first-order valence-electron chi connectivity index (χ1n) is 15.7. The van der Waals surface area contributed by atoms with Gasteiger partial charge in [0.2, 0.25) is 5.91 Å². The molecule has 0 aliphatic heterocycles. The number of rotatable bonds is 11. The van der Waals surface area contributed by atoms with Crippen LogP contribution in [0.5, 0.6) is 5.75 Å². The van der Waals surface area contributed by atoms with Crippen LogP contribution in [0, 0.1) is 5.82 Å². The van der Waals surface area contributed by atoms with Gasteiger partial charge in [0.15, 0.2) is 5.75 Å². The summed E-state index contributed by atoms with van der Waals surface area (Å²) in [7, 11) is 1.59. The van der Waals surface area contributed by atoms with E-state index in [1.807, 2.05) is 60.7 Å². The number of pyridine rings is 1. The van der Waals surface area contributed by atoms with Gasteiger partial charge >= 0.3 is 12.1 Å². The zero-order valence-corrected chi connectivity index (χ0v) is 27.1. The first-order valence-corrected chi connectivity index (χ1v) is 15.7. The Hall–Kier alpha value is -4.99. The van der Waals surface area contributed by atoms with E-state index in [4.69, 9.17) is 14.2 Å². The highest BCUT2D eigenvalue weighted by atomic mass is 19.1. The molecule has 0 bridgehead atoms. The number of nitrogens with zero attached hydrogens (tertiary/aromatic N) is 2. The van der Waals surface area contributed by atoms with E-state index in [2.05, 4.69) is 10.3 Å². The fourth-order valence-electron chi connectivity index (χ4n) is 5.55. The van der Waals surface area contributed by atoms with Crippen LogP contribution in [-0.4, -0.2) is 58.7 Å². The number of aromatic nitrogens is 1. The van der Waals surface area contributed by atoms with Gasteiger partial charge < -0.3 is 19.5 Å². The molecule has 1 heterocycles. The van der Waals surface area contributed by atoms with Crippen LogP contribution < -0.4 is 10.1 Å². The fourth-order valence-corrected chi connectivity index (χ4v) is 5.55. The van der Waals surface area contributed by atoms with Crippen molar-refractivity contribution in [3.8, 4) is 5.75 Å². The number of ether oxygens (including phenoxy) is 3. The topological polar surface area (TPSA) is 107 Å². The molecule has 5 rings (SSSR count). The van der Waals surface area contributed by atoms with Crippen LogP contribution in [0.4, 0.5) is 9.18 Å². The van der Waals surface area contributed by atoms with Crippen molar-refractivity contribution in [3.63, 3.8) is 0 Å². The summed E-state index contributed by atoms with van der Waals surface area (Å²) in [5.74, 6) is -1.46. The number of nitrogens with one attached hydrogen (secondary N) is 1. The summed E-state index contributed by atoms with van der Waals surface area (Å²) in [6, 6.07) is 22.2. The number of halogens is 1. The SMILES string of the molecule is CN(C(=O)OC(C)(C)C)C1(C(=O)NC(COc2cnc3ccc(F)cc3c2C(=O)OCc2ccccc2)Cc2ccccc2)CCC1. The molecule has 3 aromatic carbocycles. The van der Waals surface area contributed by atoms with Crippen molar-refractivity contribution in [2.45, 2.75) is 70.2 Å². The summed E-state index contributed by atoms with van der Waals surface area (Å²) in [5, 5.41) is 3.36. The molecular formula is C37H40FN3O6. The number of likely N-dealkylation sites (N-methyl/N-ethyl adjacent to an activating group) is 1. The molecule has 1 saturated carbocycles. The molecule has 0 radical (unpaired) electrons. The van der Waals surface area contributed by atoms with Gasteiger partial charge in [0.25, 0.3) is 0 Å². The molecule has 1 fully saturated rings. The Kier molecular flexibility index (Phi) is 10.1. The summed E-state index contributed by atoms with van der Waals surface area (Å²) in [4.78, 5) is 46.2. The van der Waals surface area contributed by atoms with Crippen LogP contribution in [-0.2, 0) is 27.3 Å². The van der Waals surface area contributed by atoms with Gasteiger partial charge in [-0.05, 0) is 75.8 Å². The van der Waals surface area contributed by atoms with E-state index in [1.54, 1.807) is 27.8 Å². The molecule has 1 aromatic heterocycles. The number of hydrogen-bond acceptors (Lipinski definition) is 7. The molecule has 9 nitrogen and oxygen atoms in total. The van der Waals surface area contributed by atoms with E-state index in [-0.39, 0.29) is 35.8 Å². The second kappa shape index (κ2) is 14.2. The first-order chi connectivity index (χ1) is 22.4. The molecule has 0 spiro atoms. The number of hydrogen-bond donors (Lipinski definition) is 1. The van der Waals surface area contributed by atoms with E-state index >= 15 is 0 Å². The highest BCUT2D eigenvalue weighted by Crippen LogP contribution is 2.38. The third-order valence-electron chi connectivity index (χ3n) is 8.23. The van der Waals surface area contributed by atoms with Gasteiger partial charge in [-0.1, -0.05) is 60.7 Å². The van der Waals surface area contributed by atoms with Crippen molar-refractivity contribution >= 4 is 28.9 Å². The maximum absolute atomic E-state index is 14.4. The first kappa shape index (κ1) is 33.4. The van der Waals surface area contributed by atoms with E-state index < -0.39 is 35.1 Å². The lowest BCUT2D eigenvalue weighted by Crippen LogP contribution is -2.65. The number of benzene rings is 3. The molecule has 1 aliphatic rings. The van der Waals surface area contributed by atoms with Gasteiger partial charge in [-0.15, -0.1) is 0 Å². The quantitative estimate of drug-likeness (QED) is 0.183. The zero-order valence-electron chi connectivity index (χ0n) is 27.1. The molecular weight excluding hydrogens is 601 g/mol. The molecule has 246 valence electrons. The van der Waals surface area contributed by atoms with Gasteiger partial charge in [-0.2, -0.15) is 0 Å². The molecule has 1 aliphatic carbocycles. The third-order valence-corrected chi connectivity index (χ3v) is 8.23. The molecule has 47 heavy (non-hydrogen) atoms. The van der Waals surface area contributed by atoms with Gasteiger partial charge in [-0.25, -0.2) is 14.0 Å². The minimum absolute atomic E-state index is 0.0121. The second-order valence-electron chi connectivity index (χ2n) is 12.8. The van der Waals surface area contributed by atoms with Crippen molar-refractivity contribution in [2.75, 3.05) is 13.7 Å². The Bertz CT molecular complexity index is 1720. The van der Waals surface area contributed by atoms with Gasteiger partial charge in [0.05, 0.1) is 17.8 Å². The minimum Gasteiger partial charge on any atom is -0.489 e. The second-order valence-corrected chi connectivity index (χ2v) is 12.8. The van der Waals surface area contributed by atoms with Crippen LogP contribution >= 0.6 is 0 Å². The predicted molar refractivity (Wildman–Crippen MR) is 175 cm³/mol. The van der Waals surface area contributed by atoms with Crippen LogP contribution in [0.15, 0.2) is 85.1 Å². The van der Waals surface area contributed by atoms with Crippen LogP contribution in [0.3, 0.4) is 0 Å². The molecule has 10 heteroatoms. The smallest absolute Gasteiger partial charge is 0.410 e. The molecule has 4 aromatic rings. The third kappa shape index (κ3) is 8.06. The molecule has 2 amide bonds. The van der Waals surface area contributed by atoms with Crippen LogP contribution in [0.25, 0.3) is 10.9 Å². The lowest BCUT2D eigenvalue weighted by Gasteiger charge is -2.47. The summed E-state index contributed by atoms with van der Waals surface area (Å²) in [5.41, 5.74) is 0.399. The summed E-state index contributed by atoms with van der Waals surface area (Å²) < 4.78 is 31.8. The summed E-state index contributed by atoms with van der Waals surface area (Å²) in [6.07, 6.45) is 3.01.